The molecule has 1 saturated heterocycles. The van der Waals surface area contributed by atoms with Crippen molar-refractivity contribution in [1.29, 1.82) is 0 Å². The van der Waals surface area contributed by atoms with E-state index in [1.54, 1.807) is 13.2 Å². The van der Waals surface area contributed by atoms with E-state index in [0.29, 0.717) is 32.0 Å². The summed E-state index contributed by atoms with van der Waals surface area (Å²) in [6.07, 6.45) is 1.68. The lowest BCUT2D eigenvalue weighted by Gasteiger charge is -2.40. The average Bonchev–Trinajstić information content (AvgIpc) is 3.32. The minimum absolute atomic E-state index is 0.00126. The maximum absolute atomic E-state index is 12.6. The van der Waals surface area contributed by atoms with E-state index in [9.17, 15) is 4.79 Å². The lowest BCUT2D eigenvalue weighted by Crippen LogP contribution is -2.57. The molecule has 2 aromatic carbocycles. The van der Waals surface area contributed by atoms with Crippen LogP contribution in [0.15, 0.2) is 61.2 Å². The molecule has 1 atom stereocenters. The summed E-state index contributed by atoms with van der Waals surface area (Å²) >= 11 is 0. The van der Waals surface area contributed by atoms with E-state index in [1.165, 1.54) is 0 Å². The van der Waals surface area contributed by atoms with Gasteiger partial charge in [0.05, 0.1) is 12.6 Å². The minimum atomic E-state index is -0.0787. The SMILES string of the molecule is C=CCNC(=O)N1CCN(c2nc3ccccc3c3nnc(-c4cccc(OC)c4)n23)CC1C. The number of hydrogen-bond acceptors (Lipinski definition) is 6. The maximum atomic E-state index is 12.6. The minimum Gasteiger partial charge on any atom is -0.497 e. The normalized spacial score (nSPS) is 16.1. The van der Waals surface area contributed by atoms with Crippen molar-refractivity contribution in [3.05, 3.63) is 61.2 Å². The zero-order valence-electron chi connectivity index (χ0n) is 19.3. The quantitative estimate of drug-likeness (QED) is 0.463. The first-order valence-electron chi connectivity index (χ1n) is 11.3. The summed E-state index contributed by atoms with van der Waals surface area (Å²) in [5, 5.41) is 12.9. The lowest BCUT2D eigenvalue weighted by atomic mass is 10.2. The molecule has 9 heteroatoms. The molecule has 2 amide bonds. The van der Waals surface area contributed by atoms with Crippen molar-refractivity contribution in [1.82, 2.24) is 29.8 Å². The van der Waals surface area contributed by atoms with Crippen LogP contribution >= 0.6 is 0 Å². The number of benzene rings is 2. The molecule has 9 nitrogen and oxygen atoms in total. The summed E-state index contributed by atoms with van der Waals surface area (Å²) in [7, 11) is 1.65. The summed E-state index contributed by atoms with van der Waals surface area (Å²) in [6, 6.07) is 15.6. The Hall–Kier alpha value is -4.14. The number of para-hydroxylation sites is 1. The third-order valence-corrected chi connectivity index (χ3v) is 6.13. The van der Waals surface area contributed by atoms with Crippen molar-refractivity contribution in [2.45, 2.75) is 13.0 Å². The number of carbonyl (C=O) groups is 1. The number of amides is 2. The highest BCUT2D eigenvalue weighted by Crippen LogP contribution is 2.30. The van der Waals surface area contributed by atoms with Crippen molar-refractivity contribution in [2.24, 2.45) is 0 Å². The van der Waals surface area contributed by atoms with Crippen LogP contribution in [0.4, 0.5) is 10.7 Å². The number of methoxy groups -OCH3 is 1. The molecule has 5 rings (SSSR count). The van der Waals surface area contributed by atoms with Crippen LogP contribution in [0.25, 0.3) is 27.9 Å². The first kappa shape index (κ1) is 21.7. The molecule has 34 heavy (non-hydrogen) atoms. The molecular formula is C25H27N7O2. The van der Waals surface area contributed by atoms with Crippen LogP contribution in [0.1, 0.15) is 6.92 Å². The summed E-state index contributed by atoms with van der Waals surface area (Å²) in [5.41, 5.74) is 2.49. The van der Waals surface area contributed by atoms with Gasteiger partial charge in [-0.15, -0.1) is 16.8 Å². The Bertz CT molecular complexity index is 1370. The summed E-state index contributed by atoms with van der Waals surface area (Å²) in [4.78, 5) is 21.6. The Morgan fingerprint density at radius 2 is 2.06 bits per heavy atom. The van der Waals surface area contributed by atoms with E-state index in [0.717, 1.165) is 33.8 Å². The largest absolute Gasteiger partial charge is 0.497 e. The predicted molar refractivity (Wildman–Crippen MR) is 132 cm³/mol. The van der Waals surface area contributed by atoms with Crippen LogP contribution in [0.5, 0.6) is 5.75 Å². The van der Waals surface area contributed by atoms with Crippen LogP contribution < -0.4 is 15.0 Å². The summed E-state index contributed by atoms with van der Waals surface area (Å²) in [6.45, 7) is 8.02. The van der Waals surface area contributed by atoms with E-state index in [-0.39, 0.29) is 12.1 Å². The van der Waals surface area contributed by atoms with Crippen LogP contribution in [0, 0.1) is 0 Å². The van der Waals surface area contributed by atoms with Crippen molar-refractivity contribution in [3.8, 4) is 17.1 Å². The number of piperazine rings is 1. The molecule has 0 spiro atoms. The molecular weight excluding hydrogens is 430 g/mol. The van der Waals surface area contributed by atoms with Gasteiger partial charge in [-0.1, -0.05) is 30.3 Å². The fourth-order valence-corrected chi connectivity index (χ4v) is 4.43. The fourth-order valence-electron chi connectivity index (χ4n) is 4.43. The number of rotatable bonds is 5. The number of nitrogens with one attached hydrogen (secondary N) is 1. The third kappa shape index (κ3) is 3.79. The first-order chi connectivity index (χ1) is 16.6. The van der Waals surface area contributed by atoms with Crippen molar-refractivity contribution < 1.29 is 9.53 Å². The monoisotopic (exact) mass is 457 g/mol. The topological polar surface area (TPSA) is 87.9 Å². The summed E-state index contributed by atoms with van der Waals surface area (Å²) in [5.74, 6) is 2.20. The van der Waals surface area contributed by atoms with Crippen molar-refractivity contribution >= 4 is 28.5 Å². The van der Waals surface area contributed by atoms with Gasteiger partial charge in [-0.25, -0.2) is 14.2 Å². The molecule has 1 N–H and O–H groups in total. The number of fused-ring (bicyclic) bond motifs is 3. The van der Waals surface area contributed by atoms with Gasteiger partial charge in [0.1, 0.15) is 5.75 Å². The van der Waals surface area contributed by atoms with Crippen molar-refractivity contribution in [2.75, 3.05) is 38.2 Å². The molecule has 1 fully saturated rings. The second-order valence-corrected chi connectivity index (χ2v) is 8.31. The van der Waals surface area contributed by atoms with Gasteiger partial charge in [-0.3, -0.25) is 0 Å². The molecule has 0 radical (unpaired) electrons. The predicted octanol–water partition coefficient (Wildman–Crippen LogP) is 3.36. The fraction of sp³-hybridized carbons (Fsp3) is 0.280. The third-order valence-electron chi connectivity index (χ3n) is 6.13. The second kappa shape index (κ2) is 9.01. The van der Waals surface area contributed by atoms with Gasteiger partial charge in [0.2, 0.25) is 5.95 Å². The first-order valence-corrected chi connectivity index (χ1v) is 11.3. The van der Waals surface area contributed by atoms with Gasteiger partial charge in [0.15, 0.2) is 11.5 Å². The molecule has 1 unspecified atom stereocenters. The average molecular weight is 458 g/mol. The van der Waals surface area contributed by atoms with E-state index >= 15 is 0 Å². The van der Waals surface area contributed by atoms with Crippen LogP contribution in [0.3, 0.4) is 0 Å². The molecule has 4 aromatic rings. The second-order valence-electron chi connectivity index (χ2n) is 8.31. The van der Waals surface area contributed by atoms with Crippen LogP contribution in [-0.2, 0) is 0 Å². The Morgan fingerprint density at radius 3 is 2.85 bits per heavy atom. The Labute approximate surface area is 197 Å². The smallest absolute Gasteiger partial charge is 0.318 e. The Kier molecular flexibility index (Phi) is 5.75. The van der Waals surface area contributed by atoms with Gasteiger partial charge in [0, 0.05) is 43.2 Å². The number of carbonyl (C=O) groups excluding carboxylic acids is 1. The molecule has 0 bridgehead atoms. The number of ether oxygens (including phenoxy) is 1. The number of nitrogens with zero attached hydrogens (tertiary/aromatic N) is 6. The number of anilines is 1. The zero-order chi connectivity index (χ0) is 23.7. The lowest BCUT2D eigenvalue weighted by molar-refractivity contribution is 0.172. The van der Waals surface area contributed by atoms with Gasteiger partial charge < -0.3 is 19.9 Å². The highest BCUT2D eigenvalue weighted by molar-refractivity contribution is 5.93. The molecule has 174 valence electrons. The number of aromatic nitrogens is 4. The number of hydrogen-bond donors (Lipinski definition) is 1. The summed E-state index contributed by atoms with van der Waals surface area (Å²) < 4.78 is 7.44. The molecule has 1 aliphatic rings. The van der Waals surface area contributed by atoms with Gasteiger partial charge >= 0.3 is 6.03 Å². The van der Waals surface area contributed by atoms with Gasteiger partial charge in [0.25, 0.3) is 0 Å². The zero-order valence-corrected chi connectivity index (χ0v) is 19.3. The molecule has 1 aliphatic heterocycles. The highest BCUT2D eigenvalue weighted by atomic mass is 16.5. The van der Waals surface area contributed by atoms with Gasteiger partial charge in [-0.2, -0.15) is 0 Å². The van der Waals surface area contributed by atoms with Crippen LogP contribution in [0.2, 0.25) is 0 Å². The van der Waals surface area contributed by atoms with E-state index in [1.807, 2.05) is 64.8 Å². The molecule has 0 saturated carbocycles. The van der Waals surface area contributed by atoms with Crippen molar-refractivity contribution in [3.63, 3.8) is 0 Å². The molecule has 2 aromatic heterocycles. The standard InChI is InChI=1S/C25H27N7O2/c1-4-12-26-25(33)31-14-13-30(16-17(31)2)24-27-21-11-6-5-10-20(21)23-29-28-22(32(23)24)18-8-7-9-19(15-18)34-3/h4-11,15,17H,1,12-14,16H2,2-3H3,(H,26,33). The number of urea groups is 1. The van der Waals surface area contributed by atoms with Gasteiger partial charge in [-0.05, 0) is 31.2 Å². The molecule has 3 heterocycles. The molecule has 0 aliphatic carbocycles. The Balaban J connectivity index is 1.59. The maximum Gasteiger partial charge on any atom is 0.318 e. The van der Waals surface area contributed by atoms with E-state index in [2.05, 4.69) is 27.0 Å². The highest BCUT2D eigenvalue weighted by Gasteiger charge is 2.30. The van der Waals surface area contributed by atoms with E-state index < -0.39 is 0 Å². The van der Waals surface area contributed by atoms with Crippen LogP contribution in [-0.4, -0.2) is 69.8 Å². The van der Waals surface area contributed by atoms with E-state index in [4.69, 9.17) is 9.72 Å². The Morgan fingerprint density at radius 1 is 1.21 bits per heavy atom.